The summed E-state index contributed by atoms with van der Waals surface area (Å²) >= 11 is 0. The van der Waals surface area contributed by atoms with E-state index in [9.17, 15) is 0 Å². The van der Waals surface area contributed by atoms with Crippen LogP contribution in [0.1, 0.15) is 44.5 Å². The fourth-order valence-electron chi connectivity index (χ4n) is 21.8. The minimum absolute atomic E-state index is 0.720. The zero-order valence-corrected chi connectivity index (χ0v) is 76.7. The van der Waals surface area contributed by atoms with Crippen LogP contribution in [0.5, 0.6) is 0 Å². The highest BCUT2D eigenvalue weighted by Crippen LogP contribution is 2.53. The summed E-state index contributed by atoms with van der Waals surface area (Å²) < 4.78 is 0. The smallest absolute Gasteiger partial charge is 0.0972 e. The number of aromatic nitrogens is 11. The van der Waals surface area contributed by atoms with Gasteiger partial charge in [0.25, 0.3) is 0 Å². The van der Waals surface area contributed by atoms with Crippen LogP contribution in [-0.4, -0.2) is 54.8 Å². The quantitative estimate of drug-likeness (QED) is 0.0758. The molecule has 17 aromatic carbocycles. The van der Waals surface area contributed by atoms with Gasteiger partial charge >= 0.3 is 0 Å². The number of rotatable bonds is 14. The molecular formula is C131H81N11. The molecule has 142 heavy (non-hydrogen) atoms. The van der Waals surface area contributed by atoms with Gasteiger partial charge in [0.2, 0.25) is 0 Å². The molecule has 28 aromatic rings. The van der Waals surface area contributed by atoms with E-state index in [2.05, 4.69) is 431 Å². The molecule has 660 valence electrons. The summed E-state index contributed by atoms with van der Waals surface area (Å²) in [5.41, 5.74) is 28.9. The van der Waals surface area contributed by atoms with E-state index in [1.54, 1.807) is 0 Å². The molecule has 0 atom stereocenters. The average molecular weight is 1810 g/mol. The standard InChI is InChI=1S/C73H44N8.C58H37N3/c1-5-49-9-13-53-25-37-61(78-69(53)65(49)74-41-1)45-17-29-57(30-18-45)73(58-31-19-46(20-32-58)62-38-26-54-14-10-50-6-2-42-75-66(50)70(54)79-62,59-33-21-47(22-34-59)63-39-27-55-15-11-51-7-3-43-76-67(51)71(55)80-63)60-35-23-48(24-36-60)64-40-28-56-16-12-52-8-4-44-77-68(52)72(56)81-64;1-4-16-48-38(10-1)13-7-19-51(48)58(52-20-8-14-39-11-2-5-17-49(39)52,46-31-25-41(26-32-46)53-35-29-44-22-21-40-12-3-6-18-50(40)55(44)60-53)47-33-27-42(28-34-47)54-36-30-45-24-23-43-15-9-37-59-56(43)57(45)61-54/h1-44H;1-37H. The summed E-state index contributed by atoms with van der Waals surface area (Å²) in [7, 11) is 0. The van der Waals surface area contributed by atoms with Crippen LogP contribution < -0.4 is 0 Å². The number of hydrogen-bond acceptors (Lipinski definition) is 11. The summed E-state index contributed by atoms with van der Waals surface area (Å²) in [6, 6.07) is 165. The topological polar surface area (TPSA) is 142 Å². The Labute approximate surface area is 816 Å². The Kier molecular flexibility index (Phi) is 19.8. The van der Waals surface area contributed by atoms with Gasteiger partial charge in [0.1, 0.15) is 0 Å². The Bertz CT molecular complexity index is 9020. The van der Waals surface area contributed by atoms with Gasteiger partial charge < -0.3 is 0 Å². The lowest BCUT2D eigenvalue weighted by atomic mass is 9.63. The molecule has 28 rings (SSSR count). The fourth-order valence-corrected chi connectivity index (χ4v) is 21.8. The van der Waals surface area contributed by atoms with Gasteiger partial charge in [0.05, 0.1) is 106 Å². The fraction of sp³-hybridized carbons (Fsp3) is 0.0153. The third kappa shape index (κ3) is 14.0. The van der Waals surface area contributed by atoms with E-state index in [4.69, 9.17) is 54.8 Å². The van der Waals surface area contributed by atoms with Gasteiger partial charge in [-0.05, 0) is 138 Å². The summed E-state index contributed by atoms with van der Waals surface area (Å²) in [5.74, 6) is 0. The summed E-state index contributed by atoms with van der Waals surface area (Å²) in [4.78, 5) is 55.4. The second-order valence-corrected chi connectivity index (χ2v) is 36.6. The van der Waals surface area contributed by atoms with Gasteiger partial charge in [-0.1, -0.05) is 394 Å². The van der Waals surface area contributed by atoms with Crippen LogP contribution >= 0.6 is 0 Å². The van der Waals surface area contributed by atoms with Crippen molar-refractivity contribution < 1.29 is 0 Å². The first-order valence-corrected chi connectivity index (χ1v) is 47.9. The minimum atomic E-state index is -0.851. The molecule has 11 heterocycles. The average Bonchev–Trinajstić information content (AvgIpc) is 0.707. The summed E-state index contributed by atoms with van der Waals surface area (Å²) in [5, 5.41) is 18.9. The SMILES string of the molecule is c1ccc2c(C(c3ccc(-c4ccc5ccc6ccccc6c5n4)cc3)(c3ccc(-c4ccc5ccc6cccnc6c5n4)cc3)c3cccc4ccccc34)cccc2c1.c1cnc2c(c1)ccc1ccc(-c3ccc(C(c4ccc(-c5ccc6ccc7cccnc7c6n5)cc4)(c4ccc(-c5ccc6ccc7cccnc7c6n5)cc4)c4ccc(-c5ccc6ccc7cccnc7c6n5)cc4)cc3)nc12. The number of benzene rings is 17. The number of nitrogens with zero attached hydrogens (tertiary/aromatic N) is 11. The Balaban J connectivity index is 0.000000148. The van der Waals surface area contributed by atoms with Gasteiger partial charge in [-0.3, -0.25) is 24.9 Å². The second-order valence-electron chi connectivity index (χ2n) is 36.6. The number of pyridine rings is 11. The molecule has 0 fully saturated rings. The molecule has 0 aliphatic carbocycles. The van der Waals surface area contributed by atoms with E-state index >= 15 is 0 Å². The zero-order valence-electron chi connectivity index (χ0n) is 76.7. The first kappa shape index (κ1) is 82.5. The Morgan fingerprint density at radius 3 is 0.563 bits per heavy atom. The summed E-state index contributed by atoms with van der Waals surface area (Å²) in [6.45, 7) is 0. The summed E-state index contributed by atoms with van der Waals surface area (Å²) in [6.07, 6.45) is 9.19. The highest BCUT2D eigenvalue weighted by atomic mass is 14.8. The highest BCUT2D eigenvalue weighted by Gasteiger charge is 2.42. The lowest BCUT2D eigenvalue weighted by molar-refractivity contribution is 0.745. The number of fused-ring (bicyclic) bond motifs is 20. The monoisotopic (exact) mass is 1810 g/mol. The van der Waals surface area contributed by atoms with Gasteiger partial charge in [-0.15, -0.1) is 0 Å². The van der Waals surface area contributed by atoms with E-state index in [0.717, 1.165) is 215 Å². The number of hydrogen-bond donors (Lipinski definition) is 0. The minimum Gasteiger partial charge on any atom is -0.254 e. The van der Waals surface area contributed by atoms with Crippen LogP contribution in [0.25, 0.3) is 220 Å². The molecule has 11 aromatic heterocycles. The molecule has 0 bridgehead atoms. The third-order valence-corrected chi connectivity index (χ3v) is 28.8. The van der Waals surface area contributed by atoms with Crippen molar-refractivity contribution >= 4 is 152 Å². The first-order chi connectivity index (χ1) is 70.3. The molecule has 0 unspecified atom stereocenters. The molecule has 11 heteroatoms. The van der Waals surface area contributed by atoms with E-state index in [1.807, 2.05) is 61.3 Å². The van der Waals surface area contributed by atoms with Gasteiger partial charge in [-0.25, -0.2) is 29.9 Å². The van der Waals surface area contributed by atoms with E-state index in [0.29, 0.717) is 0 Å². The molecule has 0 saturated heterocycles. The maximum Gasteiger partial charge on any atom is 0.0972 e. The van der Waals surface area contributed by atoms with Crippen LogP contribution in [0, 0.1) is 0 Å². The first-order valence-electron chi connectivity index (χ1n) is 47.9. The second kappa shape index (κ2) is 34.1. The Hall–Kier alpha value is -19.0. The maximum absolute atomic E-state index is 5.29. The van der Waals surface area contributed by atoms with Crippen LogP contribution in [0.3, 0.4) is 0 Å². The van der Waals surface area contributed by atoms with Crippen molar-refractivity contribution in [2.24, 2.45) is 0 Å². The lowest BCUT2D eigenvalue weighted by Crippen LogP contribution is -2.31. The zero-order chi connectivity index (χ0) is 93.8. The molecule has 0 amide bonds. The van der Waals surface area contributed by atoms with Crippen molar-refractivity contribution in [3.05, 3.63) is 537 Å². The normalized spacial score (nSPS) is 11.9. The van der Waals surface area contributed by atoms with E-state index in [-0.39, 0.29) is 0 Å². The van der Waals surface area contributed by atoms with Crippen molar-refractivity contribution in [3.8, 4) is 67.5 Å². The maximum atomic E-state index is 5.29. The molecule has 0 radical (unpaired) electrons. The van der Waals surface area contributed by atoms with Gasteiger partial charge in [0, 0.05) is 129 Å². The molecule has 0 aliphatic heterocycles. The lowest BCUT2D eigenvalue weighted by Gasteiger charge is -2.38. The predicted octanol–water partition coefficient (Wildman–Crippen LogP) is 31.6. The van der Waals surface area contributed by atoms with Crippen LogP contribution in [0.2, 0.25) is 0 Å². The van der Waals surface area contributed by atoms with Crippen molar-refractivity contribution in [1.29, 1.82) is 0 Å². The van der Waals surface area contributed by atoms with Crippen LogP contribution in [0.15, 0.2) is 492 Å². The molecule has 0 aliphatic rings. The van der Waals surface area contributed by atoms with Gasteiger partial charge in [-0.2, -0.15) is 0 Å². The van der Waals surface area contributed by atoms with Crippen molar-refractivity contribution in [1.82, 2.24) is 54.8 Å². The highest BCUT2D eigenvalue weighted by molar-refractivity contribution is 6.10. The molecule has 11 nitrogen and oxygen atoms in total. The molecule has 0 saturated carbocycles. The van der Waals surface area contributed by atoms with E-state index < -0.39 is 10.8 Å². The Morgan fingerprint density at radius 1 is 0.120 bits per heavy atom. The molecular weight excluding hydrogens is 1730 g/mol. The van der Waals surface area contributed by atoms with Crippen molar-refractivity contribution in [2.45, 2.75) is 10.8 Å². The molecule has 0 spiro atoms. The van der Waals surface area contributed by atoms with Gasteiger partial charge in [0.15, 0.2) is 0 Å². The predicted molar refractivity (Wildman–Crippen MR) is 583 cm³/mol. The van der Waals surface area contributed by atoms with Crippen LogP contribution in [-0.2, 0) is 10.8 Å². The third-order valence-electron chi connectivity index (χ3n) is 28.8. The Morgan fingerprint density at radius 2 is 0.303 bits per heavy atom. The largest absolute Gasteiger partial charge is 0.254 e. The van der Waals surface area contributed by atoms with Crippen molar-refractivity contribution in [2.75, 3.05) is 0 Å². The van der Waals surface area contributed by atoms with Crippen molar-refractivity contribution in [3.63, 3.8) is 0 Å². The molecule has 0 N–H and O–H groups in total. The van der Waals surface area contributed by atoms with E-state index in [1.165, 1.54) is 49.2 Å². The van der Waals surface area contributed by atoms with Crippen LogP contribution in [0.4, 0.5) is 0 Å².